The highest BCUT2D eigenvalue weighted by Crippen LogP contribution is 2.23. The molecule has 1 atom stereocenters. The summed E-state index contributed by atoms with van der Waals surface area (Å²) in [5, 5.41) is 2.82. The molecule has 1 N–H and O–H groups in total. The average Bonchev–Trinajstić information content (AvgIpc) is 2.73. The zero-order chi connectivity index (χ0) is 23.9. The monoisotopic (exact) mass is 523 g/mol. The Bertz CT molecular complexity index is 1060. The molecule has 0 aromatic heterocycles. The lowest BCUT2D eigenvalue weighted by molar-refractivity contribution is -0.139. The van der Waals surface area contributed by atoms with Crippen LogP contribution in [-0.4, -0.2) is 50.5 Å². The molecule has 0 unspecified atom stereocenters. The highest BCUT2D eigenvalue weighted by molar-refractivity contribution is 9.10. The molecule has 0 spiro atoms. The van der Waals surface area contributed by atoms with Crippen LogP contribution in [0.2, 0.25) is 0 Å². The Labute approximate surface area is 199 Å². The minimum absolute atomic E-state index is 0.171. The molecule has 32 heavy (non-hydrogen) atoms. The number of amides is 2. The van der Waals surface area contributed by atoms with Gasteiger partial charge in [0.15, 0.2) is 0 Å². The fourth-order valence-corrected chi connectivity index (χ4v) is 4.60. The second kappa shape index (κ2) is 11.5. The summed E-state index contributed by atoms with van der Waals surface area (Å²) in [4.78, 5) is 27.5. The fraction of sp³-hybridized carbons (Fsp3) is 0.391. The second-order valence-electron chi connectivity index (χ2n) is 7.67. The number of hydrogen-bond acceptors (Lipinski definition) is 4. The molecular formula is C23H30BrN3O4S. The standard InChI is InChI=1S/C23H30BrN3O4S/c1-5-13-25-23(29)18(3)26(15-19-10-8-11-20(24)14-19)22(28)16-27(32(4,30)31)21-12-7-6-9-17(21)2/h6-12,14,18H,5,13,15-16H2,1-4H3,(H,25,29)/t18-/m0/s1. The molecule has 2 aromatic carbocycles. The molecule has 0 aliphatic carbocycles. The highest BCUT2D eigenvalue weighted by atomic mass is 79.9. The molecule has 174 valence electrons. The van der Waals surface area contributed by atoms with Gasteiger partial charge in [-0.2, -0.15) is 0 Å². The third-order valence-electron chi connectivity index (χ3n) is 5.02. The number of sulfonamides is 1. The number of nitrogens with zero attached hydrogens (tertiary/aromatic N) is 2. The molecule has 0 bridgehead atoms. The Kier molecular flexibility index (Phi) is 9.27. The topological polar surface area (TPSA) is 86.8 Å². The maximum absolute atomic E-state index is 13.4. The number of aryl methyl sites for hydroxylation is 1. The zero-order valence-electron chi connectivity index (χ0n) is 18.8. The SMILES string of the molecule is CCCNC(=O)[C@H](C)N(Cc1cccc(Br)c1)C(=O)CN(c1ccccc1C)S(C)(=O)=O. The van der Waals surface area contributed by atoms with Crippen molar-refractivity contribution in [2.24, 2.45) is 0 Å². The number of benzene rings is 2. The molecule has 0 fully saturated rings. The summed E-state index contributed by atoms with van der Waals surface area (Å²) >= 11 is 3.42. The van der Waals surface area contributed by atoms with Gasteiger partial charge in [-0.25, -0.2) is 8.42 Å². The second-order valence-corrected chi connectivity index (χ2v) is 10.5. The lowest BCUT2D eigenvalue weighted by Gasteiger charge is -2.32. The van der Waals surface area contributed by atoms with Gasteiger partial charge < -0.3 is 10.2 Å². The number of hydrogen-bond donors (Lipinski definition) is 1. The van der Waals surface area contributed by atoms with Crippen LogP contribution >= 0.6 is 15.9 Å². The van der Waals surface area contributed by atoms with Gasteiger partial charge in [-0.05, 0) is 49.6 Å². The van der Waals surface area contributed by atoms with Crippen LogP contribution in [0.5, 0.6) is 0 Å². The van der Waals surface area contributed by atoms with E-state index in [1.54, 1.807) is 38.1 Å². The van der Waals surface area contributed by atoms with E-state index in [1.807, 2.05) is 31.2 Å². The summed E-state index contributed by atoms with van der Waals surface area (Å²) in [5.41, 5.74) is 2.00. The van der Waals surface area contributed by atoms with E-state index in [1.165, 1.54) is 4.90 Å². The lowest BCUT2D eigenvalue weighted by atomic mass is 10.1. The molecule has 0 saturated heterocycles. The van der Waals surface area contributed by atoms with Crippen molar-refractivity contribution in [2.45, 2.75) is 39.8 Å². The number of halogens is 1. The Morgan fingerprint density at radius 3 is 2.41 bits per heavy atom. The number of rotatable bonds is 10. The predicted molar refractivity (Wildman–Crippen MR) is 131 cm³/mol. The van der Waals surface area contributed by atoms with Gasteiger partial charge in [-0.3, -0.25) is 13.9 Å². The normalized spacial score (nSPS) is 12.2. The number of carbonyl (C=O) groups is 2. The molecule has 2 rings (SSSR count). The molecule has 9 heteroatoms. The van der Waals surface area contributed by atoms with Crippen molar-refractivity contribution in [3.63, 3.8) is 0 Å². The summed E-state index contributed by atoms with van der Waals surface area (Å²) in [6.45, 7) is 5.66. The van der Waals surface area contributed by atoms with Gasteiger partial charge in [0.25, 0.3) is 0 Å². The van der Waals surface area contributed by atoms with E-state index in [-0.39, 0.29) is 12.5 Å². The summed E-state index contributed by atoms with van der Waals surface area (Å²) in [5.74, 6) is -0.741. The van der Waals surface area contributed by atoms with Gasteiger partial charge in [-0.15, -0.1) is 0 Å². The number of nitrogens with one attached hydrogen (secondary N) is 1. The van der Waals surface area contributed by atoms with E-state index in [2.05, 4.69) is 21.2 Å². The molecule has 0 aliphatic heterocycles. The van der Waals surface area contributed by atoms with E-state index in [0.29, 0.717) is 12.2 Å². The first-order chi connectivity index (χ1) is 15.0. The highest BCUT2D eigenvalue weighted by Gasteiger charge is 2.30. The minimum atomic E-state index is -3.73. The van der Waals surface area contributed by atoms with Crippen LogP contribution in [0.25, 0.3) is 0 Å². The van der Waals surface area contributed by atoms with E-state index in [4.69, 9.17) is 0 Å². The molecule has 0 aliphatic rings. The Morgan fingerprint density at radius 2 is 1.81 bits per heavy atom. The van der Waals surface area contributed by atoms with E-state index < -0.39 is 28.5 Å². The molecule has 0 radical (unpaired) electrons. The van der Waals surface area contributed by atoms with Crippen molar-refractivity contribution in [2.75, 3.05) is 23.7 Å². The molecule has 0 saturated carbocycles. The predicted octanol–water partition coefficient (Wildman–Crippen LogP) is 3.47. The van der Waals surface area contributed by atoms with Gasteiger partial charge in [0, 0.05) is 17.6 Å². The molecule has 7 nitrogen and oxygen atoms in total. The maximum atomic E-state index is 13.4. The number of anilines is 1. The molecule has 2 aromatic rings. The fourth-order valence-electron chi connectivity index (χ4n) is 3.25. The quantitative estimate of drug-likeness (QED) is 0.516. The maximum Gasteiger partial charge on any atom is 0.244 e. The molecule has 2 amide bonds. The first-order valence-electron chi connectivity index (χ1n) is 10.4. The molecular weight excluding hydrogens is 494 g/mol. The van der Waals surface area contributed by atoms with Crippen LogP contribution < -0.4 is 9.62 Å². The van der Waals surface area contributed by atoms with Gasteiger partial charge in [0.1, 0.15) is 12.6 Å². The van der Waals surface area contributed by atoms with Crippen LogP contribution in [0.1, 0.15) is 31.4 Å². The Hall–Kier alpha value is -2.39. The number of carbonyl (C=O) groups excluding carboxylic acids is 2. The van der Waals surface area contributed by atoms with Gasteiger partial charge in [-0.1, -0.05) is 53.2 Å². The van der Waals surface area contributed by atoms with E-state index in [9.17, 15) is 18.0 Å². The Balaban J connectivity index is 2.38. The third-order valence-corrected chi connectivity index (χ3v) is 6.64. The summed E-state index contributed by atoms with van der Waals surface area (Å²) in [6.07, 6.45) is 1.84. The van der Waals surface area contributed by atoms with Crippen molar-refractivity contribution < 1.29 is 18.0 Å². The van der Waals surface area contributed by atoms with Crippen LogP contribution in [0, 0.1) is 6.92 Å². The average molecular weight is 524 g/mol. The van der Waals surface area contributed by atoms with Gasteiger partial charge >= 0.3 is 0 Å². The largest absolute Gasteiger partial charge is 0.354 e. The smallest absolute Gasteiger partial charge is 0.244 e. The van der Waals surface area contributed by atoms with Crippen molar-refractivity contribution in [1.82, 2.24) is 10.2 Å². The summed E-state index contributed by atoms with van der Waals surface area (Å²) in [7, 11) is -3.73. The van der Waals surface area contributed by atoms with Gasteiger partial charge in [0.05, 0.1) is 11.9 Å². The zero-order valence-corrected chi connectivity index (χ0v) is 21.2. The van der Waals surface area contributed by atoms with Crippen LogP contribution in [-0.2, 0) is 26.2 Å². The first-order valence-corrected chi connectivity index (χ1v) is 13.0. The summed E-state index contributed by atoms with van der Waals surface area (Å²) in [6, 6.07) is 13.7. The van der Waals surface area contributed by atoms with Crippen molar-refractivity contribution in [3.05, 3.63) is 64.1 Å². The minimum Gasteiger partial charge on any atom is -0.354 e. The Morgan fingerprint density at radius 1 is 1.12 bits per heavy atom. The first kappa shape index (κ1) is 25.9. The van der Waals surface area contributed by atoms with Crippen LogP contribution in [0.4, 0.5) is 5.69 Å². The van der Waals surface area contributed by atoms with E-state index in [0.717, 1.165) is 32.6 Å². The van der Waals surface area contributed by atoms with Crippen molar-refractivity contribution >= 4 is 43.5 Å². The van der Waals surface area contributed by atoms with Crippen LogP contribution in [0.15, 0.2) is 53.0 Å². The lowest BCUT2D eigenvalue weighted by Crippen LogP contribution is -2.51. The summed E-state index contributed by atoms with van der Waals surface area (Å²) < 4.78 is 27.1. The van der Waals surface area contributed by atoms with Crippen molar-refractivity contribution in [3.8, 4) is 0 Å². The van der Waals surface area contributed by atoms with Crippen molar-refractivity contribution in [1.29, 1.82) is 0 Å². The molecule has 0 heterocycles. The van der Waals surface area contributed by atoms with Gasteiger partial charge in [0.2, 0.25) is 21.8 Å². The number of para-hydroxylation sites is 1. The van der Waals surface area contributed by atoms with Crippen LogP contribution in [0.3, 0.4) is 0 Å². The van der Waals surface area contributed by atoms with E-state index >= 15 is 0 Å². The third kappa shape index (κ3) is 7.06.